The smallest absolute Gasteiger partial charge is 0.338 e. The van der Waals surface area contributed by atoms with E-state index >= 15 is 0 Å². The molecule has 0 fully saturated rings. The van der Waals surface area contributed by atoms with Gasteiger partial charge < -0.3 is 9.47 Å². The Bertz CT molecular complexity index is 424. The van der Waals surface area contributed by atoms with Crippen molar-refractivity contribution in [2.75, 3.05) is 13.2 Å². The van der Waals surface area contributed by atoms with Gasteiger partial charge in [0.1, 0.15) is 0 Å². The molecule has 0 aromatic heterocycles. The van der Waals surface area contributed by atoms with Crippen LogP contribution in [-0.4, -0.2) is 25.2 Å². The molecule has 0 saturated carbocycles. The average Bonchev–Trinajstić information content (AvgIpc) is 2.42. The summed E-state index contributed by atoms with van der Waals surface area (Å²) in [6, 6.07) is 7.32. The maximum Gasteiger partial charge on any atom is 0.338 e. The molecule has 0 unspecified atom stereocenters. The van der Waals surface area contributed by atoms with Crippen LogP contribution in [0.4, 0.5) is 0 Å². The Kier molecular flexibility index (Phi) is 6.22. The van der Waals surface area contributed by atoms with E-state index < -0.39 is 11.9 Å². The molecule has 0 aliphatic carbocycles. The number of carbonyl (C=O) groups is 2. The SMILES string of the molecule is CC(C)COC(=O)c1[c]ccc(C(=O)OCC(C)C)c1. The van der Waals surface area contributed by atoms with Gasteiger partial charge >= 0.3 is 11.9 Å². The van der Waals surface area contributed by atoms with Crippen LogP contribution in [0.15, 0.2) is 18.2 Å². The summed E-state index contributed by atoms with van der Waals surface area (Å²) in [4.78, 5) is 23.6. The highest BCUT2D eigenvalue weighted by molar-refractivity contribution is 5.95. The lowest BCUT2D eigenvalue weighted by Gasteiger charge is -2.09. The Morgan fingerprint density at radius 2 is 1.60 bits per heavy atom. The van der Waals surface area contributed by atoms with E-state index in [1.54, 1.807) is 6.07 Å². The van der Waals surface area contributed by atoms with Crippen molar-refractivity contribution in [3.05, 3.63) is 35.4 Å². The fourth-order valence-electron chi connectivity index (χ4n) is 1.36. The summed E-state index contributed by atoms with van der Waals surface area (Å²) >= 11 is 0. The first-order valence-electron chi connectivity index (χ1n) is 6.76. The van der Waals surface area contributed by atoms with E-state index in [1.807, 2.05) is 27.7 Å². The second-order valence-electron chi connectivity index (χ2n) is 5.48. The van der Waals surface area contributed by atoms with Gasteiger partial charge in [-0.25, -0.2) is 9.59 Å². The molecule has 0 amide bonds. The summed E-state index contributed by atoms with van der Waals surface area (Å²) < 4.78 is 10.2. The minimum absolute atomic E-state index is 0.240. The van der Waals surface area contributed by atoms with Crippen LogP contribution in [0, 0.1) is 17.9 Å². The molecule has 0 aliphatic heterocycles. The molecule has 0 saturated heterocycles. The van der Waals surface area contributed by atoms with Crippen LogP contribution >= 0.6 is 0 Å². The van der Waals surface area contributed by atoms with E-state index in [9.17, 15) is 9.59 Å². The van der Waals surface area contributed by atoms with Crippen LogP contribution in [0.1, 0.15) is 48.4 Å². The van der Waals surface area contributed by atoms with E-state index in [1.165, 1.54) is 12.1 Å². The third-order valence-corrected chi connectivity index (χ3v) is 2.35. The van der Waals surface area contributed by atoms with Crippen molar-refractivity contribution in [1.82, 2.24) is 0 Å². The molecule has 0 N–H and O–H groups in total. The zero-order valence-corrected chi connectivity index (χ0v) is 12.4. The molecule has 0 heterocycles. The summed E-state index contributed by atoms with van der Waals surface area (Å²) in [7, 11) is 0. The quantitative estimate of drug-likeness (QED) is 0.750. The van der Waals surface area contributed by atoms with Crippen molar-refractivity contribution in [1.29, 1.82) is 0 Å². The molecule has 0 spiro atoms. The van der Waals surface area contributed by atoms with E-state index in [0.717, 1.165) is 0 Å². The molecule has 0 bridgehead atoms. The van der Waals surface area contributed by atoms with Crippen LogP contribution < -0.4 is 0 Å². The largest absolute Gasteiger partial charge is 0.462 e. The van der Waals surface area contributed by atoms with Gasteiger partial charge in [-0.3, -0.25) is 0 Å². The minimum atomic E-state index is -0.475. The number of carbonyl (C=O) groups excluding carboxylic acids is 2. The fraction of sp³-hybridized carbons (Fsp3) is 0.500. The van der Waals surface area contributed by atoms with Gasteiger partial charge in [0.25, 0.3) is 0 Å². The summed E-state index contributed by atoms with van der Waals surface area (Å²) in [5.41, 5.74) is 0.575. The first-order chi connectivity index (χ1) is 9.40. The van der Waals surface area contributed by atoms with Crippen molar-refractivity contribution < 1.29 is 19.1 Å². The van der Waals surface area contributed by atoms with Crippen molar-refractivity contribution in [3.63, 3.8) is 0 Å². The number of hydrogen-bond donors (Lipinski definition) is 0. The van der Waals surface area contributed by atoms with Gasteiger partial charge in [0, 0.05) is 0 Å². The zero-order chi connectivity index (χ0) is 15.1. The molecular formula is C16H21O4. The van der Waals surface area contributed by atoms with Gasteiger partial charge in [0.05, 0.1) is 24.3 Å². The molecule has 20 heavy (non-hydrogen) atoms. The summed E-state index contributed by atoms with van der Waals surface area (Å²) in [5.74, 6) is -0.384. The van der Waals surface area contributed by atoms with E-state index in [4.69, 9.17) is 9.47 Å². The Balaban J connectivity index is 2.70. The first kappa shape index (κ1) is 16.2. The zero-order valence-electron chi connectivity index (χ0n) is 12.4. The van der Waals surface area contributed by atoms with Gasteiger partial charge in [0.2, 0.25) is 0 Å². The Hall–Kier alpha value is -1.84. The highest BCUT2D eigenvalue weighted by Crippen LogP contribution is 2.09. The van der Waals surface area contributed by atoms with Crippen LogP contribution in [0.5, 0.6) is 0 Å². The number of hydrogen-bond acceptors (Lipinski definition) is 4. The third-order valence-electron chi connectivity index (χ3n) is 2.35. The number of esters is 2. The molecule has 4 nitrogen and oxygen atoms in total. The molecule has 1 rings (SSSR count). The van der Waals surface area contributed by atoms with E-state index in [0.29, 0.717) is 18.8 Å². The van der Waals surface area contributed by atoms with Gasteiger partial charge in [0.15, 0.2) is 0 Å². The van der Waals surface area contributed by atoms with Gasteiger partial charge in [-0.05, 0) is 30.0 Å². The Labute approximate surface area is 120 Å². The maximum absolute atomic E-state index is 11.8. The Morgan fingerprint density at radius 1 is 1.05 bits per heavy atom. The minimum Gasteiger partial charge on any atom is -0.462 e. The van der Waals surface area contributed by atoms with Crippen LogP contribution in [0.25, 0.3) is 0 Å². The van der Waals surface area contributed by atoms with Gasteiger partial charge in [-0.15, -0.1) is 0 Å². The van der Waals surface area contributed by atoms with Crippen LogP contribution in [0.3, 0.4) is 0 Å². The van der Waals surface area contributed by atoms with Crippen molar-refractivity contribution in [2.24, 2.45) is 11.8 Å². The predicted octanol–water partition coefficient (Wildman–Crippen LogP) is 3.11. The molecule has 1 aromatic carbocycles. The summed E-state index contributed by atoms with van der Waals surface area (Å²) in [6.07, 6.45) is 0. The summed E-state index contributed by atoms with van der Waals surface area (Å²) in [6.45, 7) is 8.52. The number of rotatable bonds is 6. The van der Waals surface area contributed by atoms with Gasteiger partial charge in [-0.1, -0.05) is 33.8 Å². The third kappa shape index (κ3) is 5.43. The molecular weight excluding hydrogens is 256 g/mol. The lowest BCUT2D eigenvalue weighted by Crippen LogP contribution is -2.13. The fourth-order valence-corrected chi connectivity index (χ4v) is 1.36. The second-order valence-corrected chi connectivity index (χ2v) is 5.48. The molecule has 0 atom stereocenters. The molecule has 0 aliphatic rings. The molecule has 4 heteroatoms. The number of ether oxygens (including phenoxy) is 2. The topological polar surface area (TPSA) is 52.6 Å². The standard InChI is InChI=1S/C16H21O4/c1-11(2)9-19-15(17)13-6-5-7-14(8-13)16(18)20-10-12(3)4/h5-6,8,11-12H,9-10H2,1-4H3. The average molecular weight is 277 g/mol. The highest BCUT2D eigenvalue weighted by Gasteiger charge is 2.13. The van der Waals surface area contributed by atoms with E-state index in [2.05, 4.69) is 6.07 Å². The van der Waals surface area contributed by atoms with Gasteiger partial charge in [-0.2, -0.15) is 0 Å². The molecule has 1 aromatic rings. The summed E-state index contributed by atoms with van der Waals surface area (Å²) in [5, 5.41) is 0. The maximum atomic E-state index is 11.8. The second kappa shape index (κ2) is 7.68. The van der Waals surface area contributed by atoms with Crippen LogP contribution in [0.2, 0.25) is 0 Å². The number of benzene rings is 1. The Morgan fingerprint density at radius 3 is 2.15 bits per heavy atom. The van der Waals surface area contributed by atoms with E-state index in [-0.39, 0.29) is 17.4 Å². The lowest BCUT2D eigenvalue weighted by molar-refractivity contribution is 0.0456. The molecule has 1 radical (unpaired) electrons. The lowest BCUT2D eigenvalue weighted by atomic mass is 10.1. The van der Waals surface area contributed by atoms with Crippen molar-refractivity contribution in [3.8, 4) is 0 Å². The monoisotopic (exact) mass is 277 g/mol. The predicted molar refractivity (Wildman–Crippen MR) is 75.5 cm³/mol. The first-order valence-corrected chi connectivity index (χ1v) is 6.76. The van der Waals surface area contributed by atoms with Crippen molar-refractivity contribution in [2.45, 2.75) is 27.7 Å². The normalized spacial score (nSPS) is 10.7. The highest BCUT2D eigenvalue weighted by atomic mass is 16.5. The van der Waals surface area contributed by atoms with Crippen molar-refractivity contribution >= 4 is 11.9 Å². The van der Waals surface area contributed by atoms with Crippen LogP contribution in [-0.2, 0) is 9.47 Å². The molecule has 109 valence electrons.